The van der Waals surface area contributed by atoms with Gasteiger partial charge in [-0.15, -0.1) is 0 Å². The topological polar surface area (TPSA) is 12.0 Å². The molecular weight excluding hydrogens is 230 g/mol. The van der Waals surface area contributed by atoms with Crippen molar-refractivity contribution in [3.63, 3.8) is 0 Å². The van der Waals surface area contributed by atoms with E-state index < -0.39 is 0 Å². The molecule has 0 spiro atoms. The number of rotatable bonds is 5. The van der Waals surface area contributed by atoms with Crippen LogP contribution in [0.25, 0.3) is 0 Å². The molecule has 2 rings (SSSR count). The lowest BCUT2D eigenvalue weighted by atomic mass is 9.72. The number of hydrogen-bond donors (Lipinski definition) is 1. The summed E-state index contributed by atoms with van der Waals surface area (Å²) in [5, 5.41) is 3.76. The van der Waals surface area contributed by atoms with Crippen LogP contribution in [0.1, 0.15) is 63.1 Å². The Hall–Kier alpha value is -0.820. The summed E-state index contributed by atoms with van der Waals surface area (Å²) in [5.74, 6) is 1.72. The molecule has 1 aliphatic rings. The molecule has 3 unspecified atom stereocenters. The number of hydrogen-bond acceptors (Lipinski definition) is 1. The van der Waals surface area contributed by atoms with Crippen molar-refractivity contribution in [1.29, 1.82) is 0 Å². The van der Waals surface area contributed by atoms with Gasteiger partial charge in [-0.2, -0.15) is 0 Å². The maximum absolute atomic E-state index is 3.76. The van der Waals surface area contributed by atoms with Gasteiger partial charge < -0.3 is 5.32 Å². The highest BCUT2D eigenvalue weighted by molar-refractivity contribution is 5.26. The molecule has 0 aliphatic heterocycles. The zero-order valence-electron chi connectivity index (χ0n) is 12.8. The summed E-state index contributed by atoms with van der Waals surface area (Å²) < 4.78 is 0. The van der Waals surface area contributed by atoms with Gasteiger partial charge in [0.1, 0.15) is 0 Å². The first kappa shape index (κ1) is 14.6. The molecule has 3 atom stereocenters. The third-order valence-electron chi connectivity index (χ3n) is 4.75. The van der Waals surface area contributed by atoms with Crippen LogP contribution in [-0.2, 0) is 0 Å². The van der Waals surface area contributed by atoms with Crippen LogP contribution in [0.5, 0.6) is 0 Å². The van der Waals surface area contributed by atoms with Crippen LogP contribution in [0.15, 0.2) is 24.3 Å². The van der Waals surface area contributed by atoms with Crippen molar-refractivity contribution < 1.29 is 0 Å². The quantitative estimate of drug-likeness (QED) is 0.796. The fraction of sp³-hybridized carbons (Fsp3) is 0.667. The van der Waals surface area contributed by atoms with E-state index in [0.717, 1.165) is 18.4 Å². The molecule has 0 radical (unpaired) electrons. The van der Waals surface area contributed by atoms with Gasteiger partial charge in [-0.25, -0.2) is 0 Å². The summed E-state index contributed by atoms with van der Waals surface area (Å²) in [5.41, 5.74) is 2.87. The SMILES string of the molecule is CCNC(c1cccc(C)c1)C1CCCCC1CC. The smallest absolute Gasteiger partial charge is 0.0351 e. The molecule has 0 heterocycles. The lowest BCUT2D eigenvalue weighted by Gasteiger charge is -2.37. The molecular formula is C18H29N. The normalized spacial score (nSPS) is 25.2. The zero-order chi connectivity index (χ0) is 13.7. The minimum Gasteiger partial charge on any atom is -0.310 e. The van der Waals surface area contributed by atoms with Crippen molar-refractivity contribution in [2.24, 2.45) is 11.8 Å². The molecule has 19 heavy (non-hydrogen) atoms. The van der Waals surface area contributed by atoms with E-state index in [4.69, 9.17) is 0 Å². The lowest BCUT2D eigenvalue weighted by molar-refractivity contribution is 0.176. The maximum Gasteiger partial charge on any atom is 0.0351 e. The first-order valence-corrected chi connectivity index (χ1v) is 8.06. The lowest BCUT2D eigenvalue weighted by Crippen LogP contribution is -2.34. The van der Waals surface area contributed by atoms with Gasteiger partial charge in [0.15, 0.2) is 0 Å². The van der Waals surface area contributed by atoms with Crippen LogP contribution >= 0.6 is 0 Å². The molecule has 1 N–H and O–H groups in total. The molecule has 1 aromatic carbocycles. The Morgan fingerprint density at radius 3 is 2.68 bits per heavy atom. The molecule has 1 aliphatic carbocycles. The average molecular weight is 259 g/mol. The molecule has 1 nitrogen and oxygen atoms in total. The van der Waals surface area contributed by atoms with Crippen LogP contribution in [-0.4, -0.2) is 6.54 Å². The summed E-state index contributed by atoms with van der Waals surface area (Å²) in [7, 11) is 0. The highest BCUT2D eigenvalue weighted by Gasteiger charge is 2.31. The summed E-state index contributed by atoms with van der Waals surface area (Å²) in [6.45, 7) is 7.85. The molecule has 0 amide bonds. The molecule has 0 saturated heterocycles. The minimum atomic E-state index is 0.551. The van der Waals surface area contributed by atoms with E-state index in [1.807, 2.05) is 0 Å². The van der Waals surface area contributed by atoms with Gasteiger partial charge >= 0.3 is 0 Å². The van der Waals surface area contributed by atoms with Gasteiger partial charge in [0, 0.05) is 6.04 Å². The van der Waals surface area contributed by atoms with Crippen molar-refractivity contribution in [3.8, 4) is 0 Å². The van der Waals surface area contributed by atoms with Gasteiger partial charge in [-0.3, -0.25) is 0 Å². The summed E-state index contributed by atoms with van der Waals surface area (Å²) in [6, 6.07) is 9.63. The molecule has 1 saturated carbocycles. The standard InChI is InChI=1S/C18H29N/c1-4-15-10-6-7-12-17(15)18(19-5-2)16-11-8-9-14(3)13-16/h8-9,11,13,15,17-19H,4-7,10,12H2,1-3H3. The Morgan fingerprint density at radius 1 is 1.21 bits per heavy atom. The Labute approximate surface area is 118 Å². The highest BCUT2D eigenvalue weighted by atomic mass is 14.9. The van der Waals surface area contributed by atoms with Gasteiger partial charge in [0.25, 0.3) is 0 Å². The van der Waals surface area contributed by atoms with E-state index in [2.05, 4.69) is 50.4 Å². The fourth-order valence-corrected chi connectivity index (χ4v) is 3.78. The third-order valence-corrected chi connectivity index (χ3v) is 4.75. The molecule has 0 aromatic heterocycles. The maximum atomic E-state index is 3.76. The van der Waals surface area contributed by atoms with E-state index in [0.29, 0.717) is 6.04 Å². The Kier molecular flexibility index (Phi) is 5.45. The fourth-order valence-electron chi connectivity index (χ4n) is 3.78. The van der Waals surface area contributed by atoms with Crippen LogP contribution in [0.3, 0.4) is 0 Å². The van der Waals surface area contributed by atoms with Crippen LogP contribution in [0.4, 0.5) is 0 Å². The number of aryl methyl sites for hydroxylation is 1. The molecule has 1 fully saturated rings. The van der Waals surface area contributed by atoms with E-state index in [1.165, 1.54) is 43.2 Å². The van der Waals surface area contributed by atoms with Gasteiger partial charge in [0.05, 0.1) is 0 Å². The second kappa shape index (κ2) is 7.09. The average Bonchev–Trinajstić information content (AvgIpc) is 2.45. The predicted molar refractivity (Wildman–Crippen MR) is 83.3 cm³/mol. The third kappa shape index (κ3) is 3.60. The highest BCUT2D eigenvalue weighted by Crippen LogP contribution is 2.40. The largest absolute Gasteiger partial charge is 0.310 e. The van der Waals surface area contributed by atoms with Crippen molar-refractivity contribution in [2.45, 2.75) is 58.9 Å². The van der Waals surface area contributed by atoms with E-state index in [-0.39, 0.29) is 0 Å². The van der Waals surface area contributed by atoms with E-state index in [1.54, 1.807) is 0 Å². The second-order valence-electron chi connectivity index (χ2n) is 6.07. The molecule has 1 aromatic rings. The summed E-state index contributed by atoms with van der Waals surface area (Å²) in [6.07, 6.45) is 6.99. The van der Waals surface area contributed by atoms with Gasteiger partial charge in [-0.1, -0.05) is 69.4 Å². The molecule has 1 heteroatoms. The monoisotopic (exact) mass is 259 g/mol. The first-order valence-electron chi connectivity index (χ1n) is 8.06. The van der Waals surface area contributed by atoms with Crippen molar-refractivity contribution in [3.05, 3.63) is 35.4 Å². The Balaban J connectivity index is 2.23. The molecule has 0 bridgehead atoms. The Bertz CT molecular complexity index is 385. The van der Waals surface area contributed by atoms with Crippen LogP contribution < -0.4 is 5.32 Å². The number of nitrogens with one attached hydrogen (secondary N) is 1. The van der Waals surface area contributed by atoms with Crippen molar-refractivity contribution >= 4 is 0 Å². The summed E-state index contributed by atoms with van der Waals surface area (Å²) >= 11 is 0. The van der Waals surface area contributed by atoms with Crippen molar-refractivity contribution in [1.82, 2.24) is 5.32 Å². The van der Waals surface area contributed by atoms with E-state index >= 15 is 0 Å². The Morgan fingerprint density at radius 2 is 2.00 bits per heavy atom. The first-order chi connectivity index (χ1) is 9.26. The van der Waals surface area contributed by atoms with Crippen molar-refractivity contribution in [2.75, 3.05) is 6.54 Å². The minimum absolute atomic E-state index is 0.551. The summed E-state index contributed by atoms with van der Waals surface area (Å²) in [4.78, 5) is 0. The van der Waals surface area contributed by atoms with Gasteiger partial charge in [0.2, 0.25) is 0 Å². The van der Waals surface area contributed by atoms with Crippen LogP contribution in [0.2, 0.25) is 0 Å². The zero-order valence-corrected chi connectivity index (χ0v) is 12.8. The van der Waals surface area contributed by atoms with E-state index in [9.17, 15) is 0 Å². The number of benzene rings is 1. The second-order valence-corrected chi connectivity index (χ2v) is 6.07. The van der Waals surface area contributed by atoms with Gasteiger partial charge in [-0.05, 0) is 37.3 Å². The molecule has 106 valence electrons. The predicted octanol–water partition coefficient (Wildman–Crippen LogP) is 4.86. The van der Waals surface area contributed by atoms with Crippen LogP contribution in [0, 0.1) is 18.8 Å².